The molecule has 2 rings (SSSR count). The van der Waals surface area contributed by atoms with Gasteiger partial charge in [0, 0.05) is 18.3 Å². The molecular formula is C14H13F6N3O3S2. The van der Waals surface area contributed by atoms with Crippen LogP contribution in [0.2, 0.25) is 0 Å². The summed E-state index contributed by atoms with van der Waals surface area (Å²) in [5, 5.41) is 12.3. The summed E-state index contributed by atoms with van der Waals surface area (Å²) in [7, 11) is -2.66. The molecule has 0 spiro atoms. The van der Waals surface area contributed by atoms with E-state index in [9.17, 15) is 39.9 Å². The first-order valence-electron chi connectivity index (χ1n) is 7.28. The molecule has 156 valence electrons. The fourth-order valence-corrected chi connectivity index (χ4v) is 4.64. The summed E-state index contributed by atoms with van der Waals surface area (Å²) in [4.78, 5) is 3.94. The molecule has 1 heterocycles. The summed E-state index contributed by atoms with van der Waals surface area (Å²) >= 11 is 0.790. The van der Waals surface area contributed by atoms with Gasteiger partial charge in [0.1, 0.15) is 0 Å². The van der Waals surface area contributed by atoms with Crippen LogP contribution in [-0.2, 0) is 15.6 Å². The van der Waals surface area contributed by atoms with Crippen molar-refractivity contribution in [3.8, 4) is 0 Å². The normalized spacial score (nSPS) is 13.5. The summed E-state index contributed by atoms with van der Waals surface area (Å²) in [5.74, 6) is 0. The molecule has 0 amide bonds. The predicted molar refractivity (Wildman–Crippen MR) is 89.7 cm³/mol. The first-order valence-corrected chi connectivity index (χ1v) is 9.58. The van der Waals surface area contributed by atoms with E-state index in [-0.39, 0.29) is 15.6 Å². The maximum atomic E-state index is 12.9. The van der Waals surface area contributed by atoms with Crippen LogP contribution >= 0.6 is 11.3 Å². The van der Waals surface area contributed by atoms with Gasteiger partial charge >= 0.3 is 12.4 Å². The number of aryl methyl sites for hydroxylation is 1. The van der Waals surface area contributed by atoms with Crippen LogP contribution in [0.1, 0.15) is 11.3 Å². The molecule has 0 radical (unpaired) electrons. The fourth-order valence-electron chi connectivity index (χ4n) is 2.21. The van der Waals surface area contributed by atoms with Crippen molar-refractivity contribution in [1.29, 1.82) is 0 Å². The second kappa shape index (κ2) is 7.08. The van der Waals surface area contributed by atoms with E-state index in [0.29, 0.717) is 29.4 Å². The summed E-state index contributed by atoms with van der Waals surface area (Å²) in [6.45, 7) is 1.42. The van der Waals surface area contributed by atoms with Crippen molar-refractivity contribution < 1.29 is 39.9 Å². The first kappa shape index (κ1) is 22.2. The Hall–Kier alpha value is -2.06. The highest BCUT2D eigenvalue weighted by Gasteiger charge is 2.71. The number of nitrogens with zero attached hydrogens (tertiary/aromatic N) is 1. The first-order chi connectivity index (χ1) is 12.6. The average molecular weight is 449 g/mol. The zero-order chi connectivity index (χ0) is 21.5. The van der Waals surface area contributed by atoms with E-state index in [4.69, 9.17) is 0 Å². The molecule has 2 aromatic rings. The van der Waals surface area contributed by atoms with Crippen molar-refractivity contribution in [1.82, 2.24) is 4.98 Å². The quantitative estimate of drug-likeness (QED) is 0.607. The van der Waals surface area contributed by atoms with Crippen molar-refractivity contribution in [2.45, 2.75) is 29.1 Å². The van der Waals surface area contributed by atoms with Gasteiger partial charge in [0.05, 0.1) is 5.69 Å². The van der Waals surface area contributed by atoms with E-state index in [0.717, 1.165) is 11.3 Å². The lowest BCUT2D eigenvalue weighted by atomic mass is 9.92. The van der Waals surface area contributed by atoms with Crippen LogP contribution in [0, 0.1) is 6.92 Å². The molecule has 0 saturated carbocycles. The molecule has 0 fully saturated rings. The van der Waals surface area contributed by atoms with E-state index < -0.39 is 33.5 Å². The lowest BCUT2D eigenvalue weighted by Gasteiger charge is -2.32. The second-order valence-electron chi connectivity index (χ2n) is 5.53. The van der Waals surface area contributed by atoms with Gasteiger partial charge in [-0.3, -0.25) is 4.72 Å². The van der Waals surface area contributed by atoms with Crippen LogP contribution in [0.15, 0.2) is 28.5 Å². The lowest BCUT2D eigenvalue weighted by molar-refractivity contribution is -0.376. The number of sulfonamides is 1. The Bertz CT molecular complexity index is 938. The highest BCUT2D eigenvalue weighted by Crippen LogP contribution is 2.50. The number of hydrogen-bond donors (Lipinski definition) is 3. The zero-order valence-electron chi connectivity index (χ0n) is 14.1. The number of thiazole rings is 1. The molecule has 3 N–H and O–H groups in total. The number of benzene rings is 1. The number of rotatable bonds is 5. The predicted octanol–water partition coefficient (Wildman–Crippen LogP) is 3.61. The molecule has 14 heteroatoms. The van der Waals surface area contributed by atoms with Crippen molar-refractivity contribution in [3.05, 3.63) is 35.5 Å². The molecule has 1 aromatic carbocycles. The number of halogens is 6. The van der Waals surface area contributed by atoms with E-state index in [2.05, 4.69) is 10.3 Å². The lowest BCUT2D eigenvalue weighted by Crippen LogP contribution is -2.53. The molecule has 1 aromatic heterocycles. The maximum Gasteiger partial charge on any atom is 0.430 e. The molecular weight excluding hydrogens is 436 g/mol. The van der Waals surface area contributed by atoms with Crippen LogP contribution in [0.25, 0.3) is 0 Å². The summed E-state index contributed by atoms with van der Waals surface area (Å²) in [5.41, 5.74) is -6.73. The van der Waals surface area contributed by atoms with Gasteiger partial charge in [0.15, 0.2) is 9.34 Å². The third kappa shape index (κ3) is 3.89. The number of anilines is 2. The molecule has 0 bridgehead atoms. The second-order valence-corrected chi connectivity index (χ2v) is 8.41. The topological polar surface area (TPSA) is 91.3 Å². The number of alkyl halides is 6. The van der Waals surface area contributed by atoms with E-state index in [1.807, 2.05) is 4.72 Å². The highest BCUT2D eigenvalue weighted by molar-refractivity contribution is 7.94. The van der Waals surface area contributed by atoms with Gasteiger partial charge in [0.25, 0.3) is 15.6 Å². The minimum absolute atomic E-state index is 0.155. The molecule has 0 aliphatic carbocycles. The fraction of sp³-hybridized carbons (Fsp3) is 0.357. The Morgan fingerprint density at radius 1 is 1.04 bits per heavy atom. The number of aromatic nitrogens is 1. The monoisotopic (exact) mass is 449 g/mol. The smallest absolute Gasteiger partial charge is 0.369 e. The van der Waals surface area contributed by atoms with Gasteiger partial charge in [0.2, 0.25) is 0 Å². The molecule has 0 saturated heterocycles. The Balaban J connectivity index is 2.38. The van der Waals surface area contributed by atoms with Crippen LogP contribution in [0.4, 0.5) is 37.2 Å². The zero-order valence-corrected chi connectivity index (χ0v) is 15.7. The third-order valence-electron chi connectivity index (χ3n) is 3.59. The van der Waals surface area contributed by atoms with Crippen LogP contribution in [0.5, 0.6) is 0 Å². The highest BCUT2D eigenvalue weighted by atomic mass is 32.2. The van der Waals surface area contributed by atoms with Crippen molar-refractivity contribution in [2.75, 3.05) is 17.1 Å². The molecule has 0 atom stereocenters. The van der Waals surface area contributed by atoms with E-state index in [1.54, 1.807) is 0 Å². The van der Waals surface area contributed by atoms with Gasteiger partial charge in [-0.05, 0) is 19.1 Å². The maximum absolute atomic E-state index is 12.9. The SMILES string of the molecule is CNc1nc(C)c(S(=O)(=O)Nc2ccc(C(O)(C(F)(F)F)C(F)(F)F)cc2)s1. The molecule has 0 unspecified atom stereocenters. The molecule has 28 heavy (non-hydrogen) atoms. The summed E-state index contributed by atoms with van der Waals surface area (Å²) < 4.78 is 104. The standard InChI is InChI=1S/C14H13F6N3O3S2/c1-7-10(27-11(21-2)22-7)28(25,26)23-9-5-3-8(4-6-9)12(24,13(15,16)17)14(18,19)20/h3-6,23-24H,1-2H3,(H,21,22). The van der Waals surface area contributed by atoms with Gasteiger partial charge in [-0.25, -0.2) is 13.4 Å². The third-order valence-corrected chi connectivity index (χ3v) is 6.75. The van der Waals surface area contributed by atoms with Crippen LogP contribution in [-0.4, -0.2) is 37.9 Å². The Labute approximate surface area is 159 Å². The average Bonchev–Trinajstić information content (AvgIpc) is 2.94. The van der Waals surface area contributed by atoms with Crippen molar-refractivity contribution >= 4 is 32.2 Å². The van der Waals surface area contributed by atoms with Crippen LogP contribution in [0.3, 0.4) is 0 Å². The summed E-state index contributed by atoms with van der Waals surface area (Å²) in [6.07, 6.45) is -12.1. The van der Waals surface area contributed by atoms with Gasteiger partial charge < -0.3 is 10.4 Å². The van der Waals surface area contributed by atoms with E-state index in [1.165, 1.54) is 14.0 Å². The van der Waals surface area contributed by atoms with Gasteiger partial charge in [-0.2, -0.15) is 26.3 Å². The van der Waals surface area contributed by atoms with Crippen LogP contribution < -0.4 is 10.0 Å². The Morgan fingerprint density at radius 3 is 1.93 bits per heavy atom. The molecule has 0 aliphatic rings. The van der Waals surface area contributed by atoms with Gasteiger partial charge in [-0.1, -0.05) is 23.5 Å². The van der Waals surface area contributed by atoms with Crippen molar-refractivity contribution in [2.24, 2.45) is 0 Å². The van der Waals surface area contributed by atoms with Gasteiger partial charge in [-0.15, -0.1) is 0 Å². The summed E-state index contributed by atoms with van der Waals surface area (Å²) in [6, 6.07) is 2.06. The molecule has 6 nitrogen and oxygen atoms in total. The minimum Gasteiger partial charge on any atom is -0.369 e. The number of aliphatic hydroxyl groups is 1. The van der Waals surface area contributed by atoms with E-state index >= 15 is 0 Å². The number of hydrogen-bond acceptors (Lipinski definition) is 6. The van der Waals surface area contributed by atoms with Crippen molar-refractivity contribution in [3.63, 3.8) is 0 Å². The number of nitrogens with one attached hydrogen (secondary N) is 2. The Kier molecular flexibility index (Phi) is 5.62. The largest absolute Gasteiger partial charge is 0.430 e. The minimum atomic E-state index is -6.03. The molecule has 0 aliphatic heterocycles. The Morgan fingerprint density at radius 2 is 1.54 bits per heavy atom.